The predicted octanol–water partition coefficient (Wildman–Crippen LogP) is 2.02. The maximum absolute atomic E-state index is 6.06. The molecule has 1 N–H and O–H groups in total. The Morgan fingerprint density at radius 2 is 2.24 bits per heavy atom. The lowest BCUT2D eigenvalue weighted by Crippen LogP contribution is -2.33. The number of para-hydroxylation sites is 1. The standard InChI is InChI=1S/C14H16ClN5O/c15-12-5-1-2-6-13(12)21-9-8-20-7-3-4-11(10-20)14-16-18-19-17-14/h1-2,4-6H,3,7-10H2,(H,16,17,18,19). The molecule has 2 aromatic rings. The molecule has 21 heavy (non-hydrogen) atoms. The van der Waals surface area contributed by atoms with Gasteiger partial charge in [0.25, 0.3) is 0 Å². The van der Waals surface area contributed by atoms with Crippen LogP contribution in [0.15, 0.2) is 30.3 Å². The first-order chi connectivity index (χ1) is 10.3. The fourth-order valence-corrected chi connectivity index (χ4v) is 2.49. The van der Waals surface area contributed by atoms with Crippen molar-refractivity contribution in [3.8, 4) is 5.75 Å². The molecule has 0 saturated carbocycles. The first kappa shape index (κ1) is 14.0. The molecule has 1 aromatic carbocycles. The van der Waals surface area contributed by atoms with Gasteiger partial charge < -0.3 is 4.74 Å². The minimum atomic E-state index is 0.600. The van der Waals surface area contributed by atoms with E-state index in [1.54, 1.807) is 0 Å². The van der Waals surface area contributed by atoms with Crippen LogP contribution in [0, 0.1) is 0 Å². The third-order valence-electron chi connectivity index (χ3n) is 3.36. The summed E-state index contributed by atoms with van der Waals surface area (Å²) in [4.78, 5) is 2.31. The van der Waals surface area contributed by atoms with Crippen molar-refractivity contribution in [1.82, 2.24) is 25.5 Å². The minimum Gasteiger partial charge on any atom is -0.491 e. The molecule has 0 bridgehead atoms. The molecule has 7 heteroatoms. The monoisotopic (exact) mass is 305 g/mol. The van der Waals surface area contributed by atoms with E-state index in [9.17, 15) is 0 Å². The SMILES string of the molecule is Clc1ccccc1OCCN1CCC=C(c2nn[nH]n2)C1. The van der Waals surface area contributed by atoms with E-state index in [0.717, 1.165) is 37.4 Å². The molecule has 0 amide bonds. The summed E-state index contributed by atoms with van der Waals surface area (Å²) in [6.07, 6.45) is 3.15. The van der Waals surface area contributed by atoms with Crippen LogP contribution >= 0.6 is 11.6 Å². The van der Waals surface area contributed by atoms with Gasteiger partial charge in [0.05, 0.1) is 5.02 Å². The maximum atomic E-state index is 6.06. The second-order valence-corrected chi connectivity index (χ2v) is 5.22. The highest BCUT2D eigenvalue weighted by molar-refractivity contribution is 6.32. The molecule has 1 aromatic heterocycles. The number of tetrazole rings is 1. The zero-order chi connectivity index (χ0) is 14.5. The number of hydrogen-bond acceptors (Lipinski definition) is 5. The Morgan fingerprint density at radius 1 is 1.33 bits per heavy atom. The molecule has 0 fully saturated rings. The van der Waals surface area contributed by atoms with Crippen LogP contribution < -0.4 is 4.74 Å². The van der Waals surface area contributed by atoms with Crippen molar-refractivity contribution >= 4 is 17.2 Å². The van der Waals surface area contributed by atoms with Gasteiger partial charge in [-0.05, 0) is 23.8 Å². The molecule has 0 atom stereocenters. The van der Waals surface area contributed by atoms with Crippen LogP contribution in [0.4, 0.5) is 0 Å². The lowest BCUT2D eigenvalue weighted by atomic mass is 10.1. The third-order valence-corrected chi connectivity index (χ3v) is 3.68. The zero-order valence-corrected chi connectivity index (χ0v) is 12.3. The lowest BCUT2D eigenvalue weighted by molar-refractivity contribution is 0.223. The highest BCUT2D eigenvalue weighted by Crippen LogP contribution is 2.23. The molecule has 2 heterocycles. The van der Waals surface area contributed by atoms with E-state index in [1.165, 1.54) is 0 Å². The number of aromatic nitrogens is 4. The zero-order valence-electron chi connectivity index (χ0n) is 11.5. The summed E-state index contributed by atoms with van der Waals surface area (Å²) >= 11 is 6.06. The topological polar surface area (TPSA) is 66.9 Å². The second kappa shape index (κ2) is 6.69. The van der Waals surface area contributed by atoms with Gasteiger partial charge in [-0.2, -0.15) is 5.21 Å². The largest absolute Gasteiger partial charge is 0.491 e. The van der Waals surface area contributed by atoms with Gasteiger partial charge in [0.2, 0.25) is 5.82 Å². The summed E-state index contributed by atoms with van der Waals surface area (Å²) in [6, 6.07) is 7.51. The molecular formula is C14H16ClN5O. The van der Waals surface area contributed by atoms with E-state index in [-0.39, 0.29) is 0 Å². The molecule has 1 aliphatic heterocycles. The van der Waals surface area contributed by atoms with Crippen molar-refractivity contribution in [3.05, 3.63) is 41.2 Å². The Labute approximate surface area is 127 Å². The van der Waals surface area contributed by atoms with Gasteiger partial charge >= 0.3 is 0 Å². The number of H-pyrrole nitrogens is 1. The number of nitrogens with zero attached hydrogens (tertiary/aromatic N) is 4. The van der Waals surface area contributed by atoms with Gasteiger partial charge in [0.15, 0.2) is 0 Å². The highest BCUT2D eigenvalue weighted by Gasteiger charge is 2.16. The van der Waals surface area contributed by atoms with Gasteiger partial charge in [-0.25, -0.2) is 0 Å². The van der Waals surface area contributed by atoms with Crippen LogP contribution in [-0.2, 0) is 0 Å². The predicted molar refractivity (Wildman–Crippen MR) is 80.2 cm³/mol. The van der Waals surface area contributed by atoms with Crippen LogP contribution in [0.2, 0.25) is 5.02 Å². The fourth-order valence-electron chi connectivity index (χ4n) is 2.30. The number of benzene rings is 1. The fraction of sp³-hybridized carbons (Fsp3) is 0.357. The van der Waals surface area contributed by atoms with E-state index in [1.807, 2.05) is 24.3 Å². The quantitative estimate of drug-likeness (QED) is 0.915. The summed E-state index contributed by atoms with van der Waals surface area (Å²) in [5, 5.41) is 14.8. The van der Waals surface area contributed by atoms with E-state index in [0.29, 0.717) is 17.5 Å². The molecular weight excluding hydrogens is 290 g/mol. The van der Waals surface area contributed by atoms with Crippen LogP contribution in [0.25, 0.3) is 5.57 Å². The molecule has 0 spiro atoms. The Hall–Kier alpha value is -1.92. The number of nitrogens with one attached hydrogen (secondary N) is 1. The first-order valence-electron chi connectivity index (χ1n) is 6.85. The van der Waals surface area contributed by atoms with Crippen molar-refractivity contribution in [3.63, 3.8) is 0 Å². The minimum absolute atomic E-state index is 0.600. The van der Waals surface area contributed by atoms with Crippen LogP contribution in [-0.4, -0.2) is 51.8 Å². The Balaban J connectivity index is 1.51. The highest BCUT2D eigenvalue weighted by atomic mass is 35.5. The van der Waals surface area contributed by atoms with Gasteiger partial charge in [0, 0.05) is 25.2 Å². The van der Waals surface area contributed by atoms with Crippen molar-refractivity contribution < 1.29 is 4.74 Å². The number of rotatable bonds is 5. The van der Waals surface area contributed by atoms with Crippen molar-refractivity contribution in [2.24, 2.45) is 0 Å². The molecule has 110 valence electrons. The number of halogens is 1. The molecule has 6 nitrogen and oxygen atoms in total. The van der Waals surface area contributed by atoms with Gasteiger partial charge in [-0.15, -0.1) is 10.2 Å². The van der Waals surface area contributed by atoms with Gasteiger partial charge in [-0.1, -0.05) is 29.8 Å². The smallest absolute Gasteiger partial charge is 0.201 e. The number of aromatic amines is 1. The van der Waals surface area contributed by atoms with E-state index >= 15 is 0 Å². The molecule has 0 radical (unpaired) electrons. The van der Waals surface area contributed by atoms with E-state index in [2.05, 4.69) is 31.6 Å². The average Bonchev–Trinajstić information content (AvgIpc) is 3.04. The van der Waals surface area contributed by atoms with Crippen LogP contribution in [0.3, 0.4) is 0 Å². The first-order valence-corrected chi connectivity index (χ1v) is 7.23. The van der Waals surface area contributed by atoms with Crippen LogP contribution in [0.1, 0.15) is 12.2 Å². The molecule has 1 aliphatic rings. The van der Waals surface area contributed by atoms with Crippen LogP contribution in [0.5, 0.6) is 5.75 Å². The molecule has 0 unspecified atom stereocenters. The average molecular weight is 306 g/mol. The summed E-state index contributed by atoms with van der Waals surface area (Å²) in [7, 11) is 0. The Morgan fingerprint density at radius 3 is 3.05 bits per heavy atom. The molecule has 3 rings (SSSR count). The molecule has 0 aliphatic carbocycles. The number of ether oxygens (including phenoxy) is 1. The van der Waals surface area contributed by atoms with Crippen molar-refractivity contribution in [1.29, 1.82) is 0 Å². The summed E-state index contributed by atoms with van der Waals surface area (Å²) in [6.45, 7) is 3.25. The van der Waals surface area contributed by atoms with Gasteiger partial charge in [0.1, 0.15) is 12.4 Å². The maximum Gasteiger partial charge on any atom is 0.201 e. The third kappa shape index (κ3) is 3.59. The van der Waals surface area contributed by atoms with Crippen molar-refractivity contribution in [2.45, 2.75) is 6.42 Å². The number of hydrogen-bond donors (Lipinski definition) is 1. The Kier molecular flexibility index (Phi) is 4.47. The van der Waals surface area contributed by atoms with Crippen molar-refractivity contribution in [2.75, 3.05) is 26.2 Å². The van der Waals surface area contributed by atoms with E-state index < -0.39 is 0 Å². The summed E-state index contributed by atoms with van der Waals surface area (Å²) in [5.41, 5.74) is 1.10. The second-order valence-electron chi connectivity index (χ2n) is 4.81. The van der Waals surface area contributed by atoms with E-state index in [4.69, 9.17) is 16.3 Å². The lowest BCUT2D eigenvalue weighted by Gasteiger charge is -2.26. The van der Waals surface area contributed by atoms with Gasteiger partial charge in [-0.3, -0.25) is 4.90 Å². The normalized spacial score (nSPS) is 15.8. The molecule has 0 saturated heterocycles. The summed E-state index contributed by atoms with van der Waals surface area (Å²) < 4.78 is 5.72. The summed E-state index contributed by atoms with van der Waals surface area (Å²) in [5.74, 6) is 1.40. The Bertz CT molecular complexity index is 614.